The zero-order valence-electron chi connectivity index (χ0n) is 12.8. The number of thiophene rings is 1. The number of pyridine rings is 1. The molecule has 2 amide bonds. The summed E-state index contributed by atoms with van der Waals surface area (Å²) in [5, 5.41) is 7.00. The molecule has 0 radical (unpaired) electrons. The lowest BCUT2D eigenvalue weighted by Gasteiger charge is -2.36. The summed E-state index contributed by atoms with van der Waals surface area (Å²) >= 11 is 7.45. The van der Waals surface area contributed by atoms with E-state index in [1.807, 2.05) is 0 Å². The van der Waals surface area contributed by atoms with Gasteiger partial charge in [-0.15, -0.1) is 11.3 Å². The first kappa shape index (κ1) is 16.2. The Hall–Kier alpha value is -1.66. The molecule has 0 aliphatic heterocycles. The summed E-state index contributed by atoms with van der Waals surface area (Å²) in [6, 6.07) is 1.76. The number of fused-ring (bicyclic) bond motifs is 1. The number of hydrogen-bond donors (Lipinski definition) is 2. The Morgan fingerprint density at radius 2 is 2.00 bits per heavy atom. The fraction of sp³-hybridized carbons (Fsp3) is 0.438. The average Bonchev–Trinajstić information content (AvgIpc) is 3.01. The minimum atomic E-state index is -0.803. The molecule has 5 nitrogen and oxygen atoms in total. The Morgan fingerprint density at radius 3 is 2.65 bits per heavy atom. The van der Waals surface area contributed by atoms with Gasteiger partial charge in [-0.1, -0.05) is 30.9 Å². The van der Waals surface area contributed by atoms with Gasteiger partial charge in [-0.05, 0) is 18.9 Å². The van der Waals surface area contributed by atoms with Crippen molar-refractivity contribution >= 4 is 44.8 Å². The molecule has 2 aromatic rings. The van der Waals surface area contributed by atoms with E-state index in [4.69, 9.17) is 11.6 Å². The van der Waals surface area contributed by atoms with Crippen LogP contribution in [0.2, 0.25) is 5.02 Å². The number of carbonyl (C=O) groups is 2. The van der Waals surface area contributed by atoms with Gasteiger partial charge in [0.05, 0.1) is 14.6 Å². The van der Waals surface area contributed by atoms with E-state index in [2.05, 4.69) is 15.6 Å². The summed E-state index contributed by atoms with van der Waals surface area (Å²) in [7, 11) is 1.61. The van der Waals surface area contributed by atoms with Crippen LogP contribution in [0.4, 0.5) is 0 Å². The van der Waals surface area contributed by atoms with E-state index < -0.39 is 5.54 Å². The first-order valence-electron chi connectivity index (χ1n) is 7.63. The summed E-state index contributed by atoms with van der Waals surface area (Å²) in [4.78, 5) is 29.6. The zero-order chi connectivity index (χ0) is 16.4. The number of carbonyl (C=O) groups excluding carboxylic acids is 2. The molecule has 3 rings (SSSR count). The monoisotopic (exact) mass is 351 g/mol. The smallest absolute Gasteiger partial charge is 0.262 e. The maximum atomic E-state index is 12.7. The molecule has 2 aromatic heterocycles. The number of nitrogens with one attached hydrogen (secondary N) is 2. The topological polar surface area (TPSA) is 71.1 Å². The minimum absolute atomic E-state index is 0.119. The van der Waals surface area contributed by atoms with Gasteiger partial charge in [0.1, 0.15) is 5.54 Å². The zero-order valence-corrected chi connectivity index (χ0v) is 14.4. The lowest BCUT2D eigenvalue weighted by atomic mass is 9.80. The number of likely N-dealkylation sites (N-methyl/N-ethyl adjacent to an activating group) is 1. The minimum Gasteiger partial charge on any atom is -0.357 e. The maximum Gasteiger partial charge on any atom is 0.262 e. The van der Waals surface area contributed by atoms with Crippen LogP contribution < -0.4 is 10.6 Å². The summed E-state index contributed by atoms with van der Waals surface area (Å²) in [5.74, 6) is -0.348. The van der Waals surface area contributed by atoms with Gasteiger partial charge in [-0.25, -0.2) is 0 Å². The van der Waals surface area contributed by atoms with Crippen molar-refractivity contribution in [3.8, 4) is 0 Å². The van der Waals surface area contributed by atoms with Crippen molar-refractivity contribution in [2.45, 2.75) is 37.6 Å². The Morgan fingerprint density at radius 1 is 1.26 bits per heavy atom. The molecule has 1 aliphatic rings. The van der Waals surface area contributed by atoms with E-state index >= 15 is 0 Å². The van der Waals surface area contributed by atoms with Gasteiger partial charge >= 0.3 is 0 Å². The fourth-order valence-electron chi connectivity index (χ4n) is 3.12. The summed E-state index contributed by atoms with van der Waals surface area (Å²) in [5.41, 5.74) is -0.803. The molecule has 1 fully saturated rings. The molecule has 23 heavy (non-hydrogen) atoms. The van der Waals surface area contributed by atoms with Crippen LogP contribution in [0.25, 0.3) is 10.1 Å². The molecule has 2 heterocycles. The van der Waals surface area contributed by atoms with E-state index in [0.29, 0.717) is 22.7 Å². The second-order valence-corrected chi connectivity index (χ2v) is 7.31. The SMILES string of the molecule is CNC(=O)C1(NC(=O)c2cc3c(Cl)cncc3s2)CCCCC1. The van der Waals surface area contributed by atoms with Crippen molar-refractivity contribution in [2.75, 3.05) is 7.05 Å². The number of amides is 2. The molecular formula is C16H18ClN3O2S. The highest BCUT2D eigenvalue weighted by Crippen LogP contribution is 2.32. The standard InChI is InChI=1S/C16H18ClN3O2S/c1-18-15(22)16(5-3-2-4-6-16)20-14(21)12-7-10-11(17)8-19-9-13(10)23-12/h7-9H,2-6H2,1H3,(H,18,22)(H,20,21). The third-order valence-electron chi connectivity index (χ3n) is 4.34. The highest BCUT2D eigenvalue weighted by Gasteiger charge is 2.40. The number of rotatable bonds is 3. The highest BCUT2D eigenvalue weighted by molar-refractivity contribution is 7.20. The van der Waals surface area contributed by atoms with Gasteiger partial charge in [-0.2, -0.15) is 0 Å². The van der Waals surface area contributed by atoms with Crippen LogP contribution in [-0.2, 0) is 4.79 Å². The Balaban J connectivity index is 1.88. The third-order valence-corrected chi connectivity index (χ3v) is 5.71. The number of aromatic nitrogens is 1. The van der Waals surface area contributed by atoms with E-state index in [1.54, 1.807) is 25.5 Å². The van der Waals surface area contributed by atoms with Crippen molar-refractivity contribution in [3.63, 3.8) is 0 Å². The van der Waals surface area contributed by atoms with Crippen LogP contribution >= 0.6 is 22.9 Å². The van der Waals surface area contributed by atoms with Gasteiger partial charge < -0.3 is 10.6 Å². The van der Waals surface area contributed by atoms with Crippen molar-refractivity contribution in [1.29, 1.82) is 0 Å². The molecule has 1 saturated carbocycles. The Labute approximate surface area is 143 Å². The normalized spacial score (nSPS) is 17.0. The lowest BCUT2D eigenvalue weighted by molar-refractivity contribution is -0.128. The van der Waals surface area contributed by atoms with E-state index in [1.165, 1.54) is 11.3 Å². The van der Waals surface area contributed by atoms with Gasteiger partial charge in [0, 0.05) is 24.8 Å². The summed E-state index contributed by atoms with van der Waals surface area (Å²) < 4.78 is 0.861. The molecule has 0 unspecified atom stereocenters. The lowest BCUT2D eigenvalue weighted by Crippen LogP contribution is -2.59. The van der Waals surface area contributed by atoms with Crippen LogP contribution in [0, 0.1) is 0 Å². The van der Waals surface area contributed by atoms with Crippen LogP contribution in [0.15, 0.2) is 18.5 Å². The van der Waals surface area contributed by atoms with Crippen molar-refractivity contribution in [1.82, 2.24) is 15.6 Å². The molecule has 0 aromatic carbocycles. The molecule has 122 valence electrons. The molecule has 0 saturated heterocycles. The van der Waals surface area contributed by atoms with Crippen LogP contribution in [-0.4, -0.2) is 29.4 Å². The number of nitrogens with zero attached hydrogens (tertiary/aromatic N) is 1. The highest BCUT2D eigenvalue weighted by atomic mass is 35.5. The van der Waals surface area contributed by atoms with Gasteiger partial charge in [0.15, 0.2) is 0 Å². The molecule has 0 atom stereocenters. The average molecular weight is 352 g/mol. The first-order chi connectivity index (χ1) is 11.1. The van der Waals surface area contributed by atoms with E-state index in [0.717, 1.165) is 29.3 Å². The predicted molar refractivity (Wildman–Crippen MR) is 92.0 cm³/mol. The second-order valence-electron chi connectivity index (χ2n) is 5.82. The molecule has 1 aliphatic carbocycles. The van der Waals surface area contributed by atoms with Crippen molar-refractivity contribution < 1.29 is 9.59 Å². The van der Waals surface area contributed by atoms with Crippen molar-refractivity contribution in [2.24, 2.45) is 0 Å². The van der Waals surface area contributed by atoms with Gasteiger partial charge in [-0.3, -0.25) is 14.6 Å². The summed E-state index contributed by atoms with van der Waals surface area (Å²) in [6.07, 6.45) is 7.57. The number of hydrogen-bond acceptors (Lipinski definition) is 4. The van der Waals surface area contributed by atoms with Gasteiger partial charge in [0.25, 0.3) is 5.91 Å². The summed E-state index contributed by atoms with van der Waals surface area (Å²) in [6.45, 7) is 0. The quantitative estimate of drug-likeness (QED) is 0.892. The predicted octanol–water partition coefficient (Wildman–Crippen LogP) is 3.13. The van der Waals surface area contributed by atoms with Crippen LogP contribution in [0.1, 0.15) is 41.8 Å². The molecule has 0 bridgehead atoms. The molecule has 0 spiro atoms. The van der Waals surface area contributed by atoms with E-state index in [9.17, 15) is 9.59 Å². The Bertz CT molecular complexity index is 753. The Kier molecular flexibility index (Phi) is 4.55. The molecular weight excluding hydrogens is 334 g/mol. The molecule has 2 N–H and O–H groups in total. The van der Waals surface area contributed by atoms with Crippen LogP contribution in [0.5, 0.6) is 0 Å². The largest absolute Gasteiger partial charge is 0.357 e. The first-order valence-corrected chi connectivity index (χ1v) is 8.83. The molecule has 7 heteroatoms. The number of halogens is 1. The second kappa shape index (κ2) is 6.45. The van der Waals surface area contributed by atoms with Crippen LogP contribution in [0.3, 0.4) is 0 Å². The third kappa shape index (κ3) is 3.05. The van der Waals surface area contributed by atoms with Gasteiger partial charge in [0.2, 0.25) is 5.91 Å². The fourth-order valence-corrected chi connectivity index (χ4v) is 4.34. The maximum absolute atomic E-state index is 12.7. The van der Waals surface area contributed by atoms with Crippen molar-refractivity contribution in [3.05, 3.63) is 28.4 Å². The van der Waals surface area contributed by atoms with E-state index in [-0.39, 0.29) is 11.8 Å².